The van der Waals surface area contributed by atoms with Crippen LogP contribution < -0.4 is 26.4 Å². The standard InChI is InChI=1S/C29H35N7O3S2/c1-17(2)36(18(3)4)13-12-31-28(38)35-29-34-25(30)24(41-29)27-33-23(16-40-27)19-8-6-10-21(14-19)32-26(37)20-9-7-11-22(15-20)39-5/h6-11,14-18H,12-13,30H2,1-5H3,(H,32,37)(H2,31,34,35,38). The maximum absolute atomic E-state index is 12.7. The van der Waals surface area contributed by atoms with Gasteiger partial charge in [0.05, 0.1) is 12.8 Å². The number of nitrogens with zero attached hydrogens (tertiary/aromatic N) is 3. The number of methoxy groups -OCH3 is 1. The highest BCUT2D eigenvalue weighted by atomic mass is 32.1. The summed E-state index contributed by atoms with van der Waals surface area (Å²) in [5, 5.41) is 11.6. The third-order valence-corrected chi connectivity index (χ3v) is 8.28. The number of nitrogens with two attached hydrogens (primary N) is 1. The third kappa shape index (κ3) is 7.81. The molecule has 0 aliphatic rings. The maximum atomic E-state index is 12.7. The van der Waals surface area contributed by atoms with Crippen molar-refractivity contribution in [2.75, 3.05) is 36.6 Å². The van der Waals surface area contributed by atoms with Gasteiger partial charge in [0.2, 0.25) is 0 Å². The van der Waals surface area contributed by atoms with Gasteiger partial charge in [0.15, 0.2) is 5.13 Å². The molecule has 0 fully saturated rings. The minimum atomic E-state index is -0.328. The van der Waals surface area contributed by atoms with Gasteiger partial charge in [-0.25, -0.2) is 14.8 Å². The van der Waals surface area contributed by atoms with Crippen molar-refractivity contribution in [3.63, 3.8) is 0 Å². The van der Waals surface area contributed by atoms with Crippen molar-refractivity contribution in [2.45, 2.75) is 39.8 Å². The molecule has 3 amide bonds. The van der Waals surface area contributed by atoms with Crippen molar-refractivity contribution in [3.05, 3.63) is 59.5 Å². The highest BCUT2D eigenvalue weighted by Crippen LogP contribution is 2.38. The summed E-state index contributed by atoms with van der Waals surface area (Å²) in [5.74, 6) is 0.678. The maximum Gasteiger partial charge on any atom is 0.321 e. The number of urea groups is 1. The van der Waals surface area contributed by atoms with Crippen molar-refractivity contribution in [1.29, 1.82) is 0 Å². The van der Waals surface area contributed by atoms with Crippen LogP contribution in [0.5, 0.6) is 5.75 Å². The largest absolute Gasteiger partial charge is 0.497 e. The van der Waals surface area contributed by atoms with Crippen LogP contribution >= 0.6 is 22.7 Å². The van der Waals surface area contributed by atoms with Crippen LogP contribution in [0, 0.1) is 0 Å². The van der Waals surface area contributed by atoms with Crippen molar-refractivity contribution >= 4 is 51.2 Å². The van der Waals surface area contributed by atoms with E-state index in [1.54, 1.807) is 31.4 Å². The Balaban J connectivity index is 1.39. The Morgan fingerprint density at radius 3 is 2.51 bits per heavy atom. The molecular weight excluding hydrogens is 558 g/mol. The first-order chi connectivity index (χ1) is 19.6. The molecule has 10 nitrogen and oxygen atoms in total. The number of nitrogen functional groups attached to an aromatic ring is 1. The van der Waals surface area contributed by atoms with E-state index in [0.29, 0.717) is 56.5 Å². The van der Waals surface area contributed by atoms with Crippen LogP contribution in [0.25, 0.3) is 21.1 Å². The number of rotatable bonds is 11. The predicted molar refractivity (Wildman–Crippen MR) is 168 cm³/mol. The SMILES string of the molecule is COc1cccc(C(=O)Nc2cccc(-c3csc(-c4sc(NC(=O)NCCN(C(C)C)C(C)C)nc4N)n3)c2)c1. The number of thiazole rings is 2. The fourth-order valence-electron chi connectivity index (χ4n) is 4.33. The first-order valence-electron chi connectivity index (χ1n) is 13.2. The van der Waals surface area contributed by atoms with Crippen LogP contribution in [-0.4, -0.2) is 59.1 Å². The van der Waals surface area contributed by atoms with E-state index in [2.05, 4.69) is 53.5 Å². The fraction of sp³-hybridized carbons (Fsp3) is 0.310. The van der Waals surface area contributed by atoms with E-state index >= 15 is 0 Å². The Kier molecular flexibility index (Phi) is 9.92. The van der Waals surface area contributed by atoms with Crippen LogP contribution in [0.15, 0.2) is 53.9 Å². The second-order valence-corrected chi connectivity index (χ2v) is 11.7. The number of ether oxygens (including phenoxy) is 1. The molecule has 0 saturated heterocycles. The zero-order valence-electron chi connectivity index (χ0n) is 23.7. The Morgan fingerprint density at radius 1 is 1.02 bits per heavy atom. The lowest BCUT2D eigenvalue weighted by Crippen LogP contribution is -2.43. The second-order valence-electron chi connectivity index (χ2n) is 9.84. The van der Waals surface area contributed by atoms with Gasteiger partial charge < -0.3 is 21.1 Å². The summed E-state index contributed by atoms with van der Waals surface area (Å²) in [6.07, 6.45) is 0. The van der Waals surface area contributed by atoms with Crippen molar-refractivity contribution in [2.24, 2.45) is 0 Å². The molecule has 4 aromatic rings. The number of hydrogen-bond acceptors (Lipinski definition) is 9. The third-order valence-electron chi connectivity index (χ3n) is 6.30. The monoisotopic (exact) mass is 593 g/mol. The number of carbonyl (C=O) groups is 2. The number of aromatic nitrogens is 2. The smallest absolute Gasteiger partial charge is 0.321 e. The quantitative estimate of drug-likeness (QED) is 0.167. The molecule has 0 atom stereocenters. The van der Waals surface area contributed by atoms with E-state index in [4.69, 9.17) is 15.5 Å². The first kappa shape index (κ1) is 30.0. The Morgan fingerprint density at radius 2 is 1.78 bits per heavy atom. The van der Waals surface area contributed by atoms with Gasteiger partial charge in [-0.15, -0.1) is 11.3 Å². The number of nitrogens with one attached hydrogen (secondary N) is 3. The topological polar surface area (TPSA) is 134 Å². The Labute approximate surface area is 248 Å². The zero-order valence-corrected chi connectivity index (χ0v) is 25.4. The zero-order chi connectivity index (χ0) is 29.5. The minimum absolute atomic E-state index is 0.237. The average molecular weight is 594 g/mol. The summed E-state index contributed by atoms with van der Waals surface area (Å²) >= 11 is 2.70. The molecule has 0 radical (unpaired) electrons. The molecule has 216 valence electrons. The summed E-state index contributed by atoms with van der Waals surface area (Å²) in [7, 11) is 1.56. The fourth-order valence-corrected chi connectivity index (χ4v) is 6.13. The van der Waals surface area contributed by atoms with Crippen molar-refractivity contribution in [3.8, 4) is 26.9 Å². The highest BCUT2D eigenvalue weighted by molar-refractivity contribution is 7.23. The van der Waals surface area contributed by atoms with Gasteiger partial charge >= 0.3 is 6.03 Å². The van der Waals surface area contributed by atoms with Crippen LogP contribution in [0.2, 0.25) is 0 Å². The lowest BCUT2D eigenvalue weighted by Gasteiger charge is -2.30. The van der Waals surface area contributed by atoms with Crippen LogP contribution in [0.4, 0.5) is 21.4 Å². The summed E-state index contributed by atoms with van der Waals surface area (Å²) in [4.78, 5) is 37.3. The average Bonchev–Trinajstić information content (AvgIpc) is 3.57. The normalized spacial score (nSPS) is 11.2. The van der Waals surface area contributed by atoms with Crippen LogP contribution in [0.3, 0.4) is 0 Å². The number of benzene rings is 2. The molecule has 0 spiro atoms. The summed E-state index contributed by atoms with van der Waals surface area (Å²) in [6, 6.07) is 14.9. The number of anilines is 3. The van der Waals surface area contributed by atoms with E-state index in [1.165, 1.54) is 22.7 Å². The van der Waals surface area contributed by atoms with E-state index in [9.17, 15) is 9.59 Å². The molecule has 0 bridgehead atoms. The van der Waals surface area contributed by atoms with Gasteiger partial charge in [-0.05, 0) is 58.0 Å². The Hall–Kier alpha value is -4.00. The molecule has 0 saturated carbocycles. The molecule has 2 aromatic carbocycles. The summed E-state index contributed by atoms with van der Waals surface area (Å²) < 4.78 is 5.21. The van der Waals surface area contributed by atoms with Gasteiger partial charge in [0.1, 0.15) is 21.5 Å². The molecule has 4 rings (SSSR count). The van der Waals surface area contributed by atoms with E-state index in [0.717, 1.165) is 17.8 Å². The molecule has 2 heterocycles. The van der Waals surface area contributed by atoms with E-state index in [-0.39, 0.29) is 11.9 Å². The number of carbonyl (C=O) groups excluding carboxylic acids is 2. The van der Waals surface area contributed by atoms with Crippen LogP contribution in [-0.2, 0) is 0 Å². The van der Waals surface area contributed by atoms with Crippen molar-refractivity contribution in [1.82, 2.24) is 20.2 Å². The highest BCUT2D eigenvalue weighted by Gasteiger charge is 2.18. The minimum Gasteiger partial charge on any atom is -0.497 e. The lowest BCUT2D eigenvalue weighted by molar-refractivity contribution is 0.102. The number of amides is 3. The molecule has 0 aliphatic heterocycles. The lowest BCUT2D eigenvalue weighted by atomic mass is 10.1. The first-order valence-corrected chi connectivity index (χ1v) is 14.9. The molecule has 2 aromatic heterocycles. The van der Waals surface area contributed by atoms with E-state index < -0.39 is 0 Å². The molecule has 5 N–H and O–H groups in total. The molecule has 0 aliphatic carbocycles. The summed E-state index contributed by atoms with van der Waals surface area (Å²) in [5.41, 5.74) is 8.91. The molecule has 41 heavy (non-hydrogen) atoms. The van der Waals surface area contributed by atoms with Crippen molar-refractivity contribution < 1.29 is 14.3 Å². The van der Waals surface area contributed by atoms with Gasteiger partial charge in [-0.3, -0.25) is 15.0 Å². The van der Waals surface area contributed by atoms with Gasteiger partial charge in [0.25, 0.3) is 5.91 Å². The van der Waals surface area contributed by atoms with Gasteiger partial charge in [-0.1, -0.05) is 29.5 Å². The molecule has 0 unspecified atom stereocenters. The number of hydrogen-bond donors (Lipinski definition) is 4. The second kappa shape index (κ2) is 13.6. The summed E-state index contributed by atoms with van der Waals surface area (Å²) in [6.45, 7) is 9.84. The van der Waals surface area contributed by atoms with Gasteiger partial charge in [-0.2, -0.15) is 0 Å². The van der Waals surface area contributed by atoms with Crippen LogP contribution in [0.1, 0.15) is 38.1 Å². The Bertz CT molecular complexity index is 1490. The molecule has 12 heteroatoms. The van der Waals surface area contributed by atoms with Gasteiger partial charge in [0, 0.05) is 47.4 Å². The van der Waals surface area contributed by atoms with E-state index in [1.807, 2.05) is 29.6 Å². The molecular formula is C29H35N7O3S2. The predicted octanol–water partition coefficient (Wildman–Crippen LogP) is 6.02.